The predicted molar refractivity (Wildman–Crippen MR) is 109 cm³/mol. The molecule has 3 aromatic rings. The number of nitrogens with two attached hydrogens (primary N) is 1. The number of aromatic nitrogens is 3. The largest absolute Gasteiger partial charge is 0.539 e. The number of aryl methyl sites for hydroxylation is 2. The van der Waals surface area contributed by atoms with Crippen LogP contribution >= 0.6 is 11.8 Å². The van der Waals surface area contributed by atoms with Crippen LogP contribution in [0.3, 0.4) is 0 Å². The molecule has 0 aliphatic heterocycles. The number of amides is 1. The van der Waals surface area contributed by atoms with Crippen molar-refractivity contribution in [3.63, 3.8) is 0 Å². The van der Waals surface area contributed by atoms with Crippen molar-refractivity contribution >= 4 is 29.2 Å². The number of anilines is 2. The van der Waals surface area contributed by atoms with E-state index in [4.69, 9.17) is 5.73 Å². The Morgan fingerprint density at radius 1 is 1.32 bits per heavy atom. The summed E-state index contributed by atoms with van der Waals surface area (Å²) in [6.07, 6.45) is 0. The zero-order chi connectivity index (χ0) is 22.7. The van der Waals surface area contributed by atoms with Crippen molar-refractivity contribution in [3.8, 4) is 29.3 Å². The van der Waals surface area contributed by atoms with E-state index in [1.165, 1.54) is 7.05 Å². The fourth-order valence-electron chi connectivity index (χ4n) is 2.92. The summed E-state index contributed by atoms with van der Waals surface area (Å²) in [4.78, 5) is 16.6. The monoisotopic (exact) mass is 435 g/mol. The number of pyridine rings is 1. The number of nitriles is 2. The van der Waals surface area contributed by atoms with Crippen molar-refractivity contribution in [2.24, 2.45) is 7.05 Å². The van der Waals surface area contributed by atoms with Crippen LogP contribution in [0.25, 0.3) is 11.3 Å². The Bertz CT molecular complexity index is 1250. The molecule has 1 aromatic carbocycles. The van der Waals surface area contributed by atoms with E-state index in [1.807, 2.05) is 38.1 Å². The molecule has 3 N–H and O–H groups in total. The summed E-state index contributed by atoms with van der Waals surface area (Å²) in [6.45, 7) is 3.85. The number of hydrogen-bond acceptors (Lipinski definition) is 9. The average Bonchev–Trinajstić information content (AvgIpc) is 3.07. The smallest absolute Gasteiger partial charge is 0.266 e. The number of carbonyl (C=O) groups is 1. The van der Waals surface area contributed by atoms with Crippen LogP contribution in [0.5, 0.6) is 5.95 Å². The Kier molecular flexibility index (Phi) is 6.09. The quantitative estimate of drug-likeness (QED) is 0.443. The van der Waals surface area contributed by atoms with Gasteiger partial charge in [-0.05, 0) is 31.0 Å². The molecule has 0 aliphatic carbocycles. The lowest BCUT2D eigenvalue weighted by molar-refractivity contribution is -0.730. The van der Waals surface area contributed by atoms with Crippen LogP contribution in [-0.2, 0) is 11.8 Å². The molecule has 10 nitrogen and oxygen atoms in total. The Morgan fingerprint density at radius 3 is 2.65 bits per heavy atom. The molecule has 0 bridgehead atoms. The molecule has 0 saturated heterocycles. The normalized spacial score (nSPS) is 10.4. The van der Waals surface area contributed by atoms with Gasteiger partial charge >= 0.3 is 0 Å². The lowest BCUT2D eigenvalue weighted by Crippen LogP contribution is -2.32. The lowest BCUT2D eigenvalue weighted by atomic mass is 10.0. The second kappa shape index (κ2) is 8.73. The van der Waals surface area contributed by atoms with Gasteiger partial charge in [0.2, 0.25) is 5.91 Å². The molecule has 11 heteroatoms. The van der Waals surface area contributed by atoms with Gasteiger partial charge in [0.05, 0.1) is 22.2 Å². The number of nitrogen functional groups attached to an aromatic ring is 1. The van der Waals surface area contributed by atoms with Gasteiger partial charge in [0, 0.05) is 5.69 Å². The third kappa shape index (κ3) is 4.13. The van der Waals surface area contributed by atoms with E-state index in [9.17, 15) is 20.4 Å². The van der Waals surface area contributed by atoms with E-state index in [0.29, 0.717) is 5.69 Å². The number of thioether (sulfide) groups is 1. The van der Waals surface area contributed by atoms with E-state index >= 15 is 0 Å². The fourth-order valence-corrected chi connectivity index (χ4v) is 3.72. The van der Waals surface area contributed by atoms with Crippen LogP contribution < -0.4 is 20.8 Å². The van der Waals surface area contributed by atoms with Gasteiger partial charge in [-0.3, -0.25) is 4.79 Å². The third-order valence-corrected chi connectivity index (χ3v) is 5.61. The highest BCUT2D eigenvalue weighted by Crippen LogP contribution is 2.36. The Labute approximate surface area is 181 Å². The van der Waals surface area contributed by atoms with Crippen molar-refractivity contribution in [3.05, 3.63) is 40.5 Å². The van der Waals surface area contributed by atoms with E-state index in [-0.39, 0.29) is 44.9 Å². The van der Waals surface area contributed by atoms with Crippen molar-refractivity contribution in [2.75, 3.05) is 16.8 Å². The molecule has 0 unspecified atom stereocenters. The molecule has 0 spiro atoms. The average molecular weight is 435 g/mol. The van der Waals surface area contributed by atoms with E-state index in [1.54, 1.807) is 6.07 Å². The minimum atomic E-state index is -0.829. The van der Waals surface area contributed by atoms with Gasteiger partial charge in [0.25, 0.3) is 5.69 Å². The topological polar surface area (TPSA) is 169 Å². The maximum absolute atomic E-state index is 12.5. The van der Waals surface area contributed by atoms with Crippen LogP contribution in [0.1, 0.15) is 22.3 Å². The zero-order valence-electron chi connectivity index (χ0n) is 16.9. The summed E-state index contributed by atoms with van der Waals surface area (Å²) >= 11 is 0.968. The molecule has 1 amide bonds. The van der Waals surface area contributed by atoms with Gasteiger partial charge in [0.1, 0.15) is 28.5 Å². The van der Waals surface area contributed by atoms with Crippen LogP contribution in [0.15, 0.2) is 27.7 Å². The first-order valence-corrected chi connectivity index (χ1v) is 9.92. The second-order valence-corrected chi connectivity index (χ2v) is 7.53. The summed E-state index contributed by atoms with van der Waals surface area (Å²) in [5.41, 5.74) is 8.25. The summed E-state index contributed by atoms with van der Waals surface area (Å²) in [5, 5.41) is 37.8. The first-order valence-electron chi connectivity index (χ1n) is 8.94. The summed E-state index contributed by atoms with van der Waals surface area (Å²) in [6, 6.07) is 9.40. The second-order valence-electron chi connectivity index (χ2n) is 6.57. The predicted octanol–water partition coefficient (Wildman–Crippen LogP) is 1.31. The molecule has 2 aromatic heterocycles. The van der Waals surface area contributed by atoms with Gasteiger partial charge in [-0.25, -0.2) is 4.98 Å². The molecular weight excluding hydrogens is 418 g/mol. The fraction of sp³-hybridized carbons (Fsp3) is 0.200. The highest BCUT2D eigenvalue weighted by molar-refractivity contribution is 8.00. The summed E-state index contributed by atoms with van der Waals surface area (Å²) in [5.74, 6) is -1.38. The molecule has 156 valence electrons. The van der Waals surface area contributed by atoms with Gasteiger partial charge < -0.3 is 20.7 Å². The van der Waals surface area contributed by atoms with E-state index < -0.39 is 5.95 Å². The Hall–Kier alpha value is -4.09. The summed E-state index contributed by atoms with van der Waals surface area (Å²) in [7, 11) is 1.43. The minimum Gasteiger partial charge on any atom is -0.539 e. The van der Waals surface area contributed by atoms with Crippen molar-refractivity contribution < 1.29 is 19.1 Å². The van der Waals surface area contributed by atoms with Crippen LogP contribution in [0.4, 0.5) is 11.5 Å². The number of nitrogens with zero attached hydrogens (tertiary/aromatic N) is 5. The first kappa shape index (κ1) is 21.6. The van der Waals surface area contributed by atoms with Crippen molar-refractivity contribution in [2.45, 2.75) is 18.9 Å². The summed E-state index contributed by atoms with van der Waals surface area (Å²) < 4.78 is 5.73. The molecule has 31 heavy (non-hydrogen) atoms. The molecule has 0 fully saturated rings. The van der Waals surface area contributed by atoms with E-state index in [2.05, 4.69) is 20.1 Å². The van der Waals surface area contributed by atoms with Gasteiger partial charge in [-0.15, -0.1) is 0 Å². The van der Waals surface area contributed by atoms with Gasteiger partial charge in [-0.1, -0.05) is 28.6 Å². The molecule has 0 aliphatic rings. The number of rotatable bonds is 5. The Morgan fingerprint density at radius 2 is 2.03 bits per heavy atom. The SMILES string of the molecule is Cc1cccc(NC(=O)CSc2nc(N)c(C#N)c(-c3c([O-])on[n+]3C)c2C#N)c1C. The first-order chi connectivity index (χ1) is 14.8. The van der Waals surface area contributed by atoms with Crippen molar-refractivity contribution in [1.82, 2.24) is 10.3 Å². The molecule has 0 radical (unpaired) electrons. The molecule has 0 saturated carbocycles. The maximum atomic E-state index is 12.5. The van der Waals surface area contributed by atoms with Crippen LogP contribution in [0.2, 0.25) is 0 Å². The number of hydrogen-bond donors (Lipinski definition) is 2. The third-order valence-electron chi connectivity index (χ3n) is 4.63. The van der Waals surface area contributed by atoms with E-state index in [0.717, 1.165) is 27.6 Å². The molecule has 2 heterocycles. The maximum Gasteiger partial charge on any atom is 0.266 e. The van der Waals surface area contributed by atoms with Crippen molar-refractivity contribution in [1.29, 1.82) is 10.5 Å². The molecule has 3 rings (SSSR count). The number of carbonyl (C=O) groups excluding carboxylic acids is 1. The lowest BCUT2D eigenvalue weighted by Gasteiger charge is -2.12. The highest BCUT2D eigenvalue weighted by atomic mass is 32.2. The van der Waals surface area contributed by atoms with Gasteiger partial charge in [0.15, 0.2) is 13.0 Å². The standard InChI is InChI=1S/C20H17N7O3S/c1-10-5-4-6-14(11(10)2)24-15(28)9-31-19-13(8-22)16(12(7-21)18(23)25-19)17-20(29)30-26-27(17)3/h4-6H,9H2,1-3H3,(H3-,23,24,25,26,28,29). The highest BCUT2D eigenvalue weighted by Gasteiger charge is 2.29. The Balaban J connectivity index is 1.96. The zero-order valence-corrected chi connectivity index (χ0v) is 17.7. The molecular formula is C20H17N7O3S. The number of benzene rings is 1. The molecule has 0 atom stereocenters. The van der Waals surface area contributed by atoms with Crippen LogP contribution in [0, 0.1) is 36.5 Å². The van der Waals surface area contributed by atoms with Crippen LogP contribution in [-0.4, -0.2) is 21.9 Å². The van der Waals surface area contributed by atoms with Gasteiger partial charge in [-0.2, -0.15) is 10.5 Å². The minimum absolute atomic E-state index is 0.0244. The number of nitrogens with one attached hydrogen (secondary N) is 1.